The van der Waals surface area contributed by atoms with Gasteiger partial charge < -0.3 is 19.9 Å². The number of aliphatic hydroxyl groups excluding tert-OH is 1. The molecule has 1 aromatic heterocycles. The van der Waals surface area contributed by atoms with E-state index in [0.29, 0.717) is 30.2 Å². The van der Waals surface area contributed by atoms with Crippen molar-refractivity contribution in [3.05, 3.63) is 40.7 Å². The van der Waals surface area contributed by atoms with Gasteiger partial charge in [0, 0.05) is 24.8 Å². The Balaban J connectivity index is 2.38. The van der Waals surface area contributed by atoms with Crippen LogP contribution in [0.1, 0.15) is 19.4 Å². The molecule has 0 spiro atoms. The van der Waals surface area contributed by atoms with E-state index in [9.17, 15) is 9.59 Å². The summed E-state index contributed by atoms with van der Waals surface area (Å²) in [4.78, 5) is 24.6. The first kappa shape index (κ1) is 19.5. The van der Waals surface area contributed by atoms with E-state index in [2.05, 4.69) is 10.4 Å². The van der Waals surface area contributed by atoms with Gasteiger partial charge in [-0.05, 0) is 37.6 Å². The molecule has 1 atom stereocenters. The Morgan fingerprint density at radius 1 is 1.27 bits per heavy atom. The van der Waals surface area contributed by atoms with Gasteiger partial charge in [0.15, 0.2) is 5.75 Å². The van der Waals surface area contributed by atoms with Crippen molar-refractivity contribution in [2.45, 2.75) is 19.4 Å². The van der Waals surface area contributed by atoms with Gasteiger partial charge in [-0.25, -0.2) is 4.68 Å². The highest BCUT2D eigenvalue weighted by atomic mass is 16.5. The molecule has 1 aromatic carbocycles. The third kappa shape index (κ3) is 4.40. The summed E-state index contributed by atoms with van der Waals surface area (Å²) in [5, 5.41) is 15.8. The van der Waals surface area contributed by atoms with Gasteiger partial charge in [-0.3, -0.25) is 9.59 Å². The number of carbonyl (C=O) groups excluding carboxylic acids is 1. The fourth-order valence-corrected chi connectivity index (χ4v) is 2.38. The molecule has 1 heterocycles. The molecule has 0 bridgehead atoms. The third-order valence-electron chi connectivity index (χ3n) is 3.89. The van der Waals surface area contributed by atoms with Gasteiger partial charge in [-0.1, -0.05) is 0 Å². The van der Waals surface area contributed by atoms with Crippen LogP contribution in [0.3, 0.4) is 0 Å². The first-order chi connectivity index (χ1) is 12.5. The molecule has 140 valence electrons. The third-order valence-corrected chi connectivity index (χ3v) is 3.89. The standard InChI is InChI=1S/C18H23N3O5/c1-12(18(24)19-9-4-10-22)21-16(23)11-15(26-3)17(20-21)13-5-7-14(25-2)8-6-13/h5-8,11-12,22H,4,9-10H2,1-3H3,(H,19,24)/t12-/m0/s1. The van der Waals surface area contributed by atoms with E-state index in [4.69, 9.17) is 14.6 Å². The lowest BCUT2D eigenvalue weighted by Gasteiger charge is -2.16. The number of aromatic nitrogens is 2. The predicted octanol–water partition coefficient (Wildman–Crippen LogP) is 0.987. The van der Waals surface area contributed by atoms with E-state index in [1.807, 2.05) is 0 Å². The average molecular weight is 361 g/mol. The SMILES string of the molecule is COc1ccc(-c2nn([C@@H](C)C(=O)NCCCO)c(=O)cc2OC)cc1. The van der Waals surface area contributed by atoms with E-state index in [1.165, 1.54) is 13.2 Å². The fourth-order valence-electron chi connectivity index (χ4n) is 2.38. The van der Waals surface area contributed by atoms with Crippen molar-refractivity contribution in [2.24, 2.45) is 0 Å². The highest BCUT2D eigenvalue weighted by Crippen LogP contribution is 2.28. The Hall–Kier alpha value is -2.87. The molecule has 0 aliphatic rings. The molecule has 0 aliphatic heterocycles. The highest BCUT2D eigenvalue weighted by molar-refractivity contribution is 5.79. The minimum absolute atomic E-state index is 0.0169. The lowest BCUT2D eigenvalue weighted by atomic mass is 10.1. The Bertz CT molecular complexity index is 801. The summed E-state index contributed by atoms with van der Waals surface area (Å²) in [5.41, 5.74) is 0.734. The van der Waals surface area contributed by atoms with Crippen LogP contribution in [0.4, 0.5) is 0 Å². The summed E-state index contributed by atoms with van der Waals surface area (Å²) >= 11 is 0. The van der Waals surface area contributed by atoms with Crippen LogP contribution in [-0.4, -0.2) is 48.2 Å². The molecule has 2 aromatic rings. The van der Waals surface area contributed by atoms with E-state index < -0.39 is 11.6 Å². The molecule has 0 radical (unpaired) electrons. The number of amides is 1. The summed E-state index contributed by atoms with van der Waals surface area (Å²) < 4.78 is 11.5. The van der Waals surface area contributed by atoms with Crippen LogP contribution in [0, 0.1) is 0 Å². The van der Waals surface area contributed by atoms with Crippen molar-refractivity contribution in [2.75, 3.05) is 27.4 Å². The van der Waals surface area contributed by atoms with E-state index in [-0.39, 0.29) is 12.5 Å². The topological polar surface area (TPSA) is 103 Å². The van der Waals surface area contributed by atoms with E-state index in [1.54, 1.807) is 38.3 Å². The number of ether oxygens (including phenoxy) is 2. The van der Waals surface area contributed by atoms with Crippen LogP contribution in [0.2, 0.25) is 0 Å². The Morgan fingerprint density at radius 3 is 2.54 bits per heavy atom. The molecule has 2 rings (SSSR count). The van der Waals surface area contributed by atoms with Gasteiger partial charge in [0.25, 0.3) is 5.56 Å². The molecule has 8 heteroatoms. The van der Waals surface area contributed by atoms with Crippen molar-refractivity contribution < 1.29 is 19.4 Å². The molecule has 0 fully saturated rings. The summed E-state index contributed by atoms with van der Waals surface area (Å²) in [6.07, 6.45) is 0.445. The van der Waals surface area contributed by atoms with Gasteiger partial charge in [0.2, 0.25) is 5.91 Å². The van der Waals surface area contributed by atoms with Crippen LogP contribution in [-0.2, 0) is 4.79 Å². The maximum atomic E-state index is 12.3. The number of carbonyl (C=O) groups is 1. The number of aliphatic hydroxyl groups is 1. The maximum Gasteiger partial charge on any atom is 0.271 e. The normalized spacial score (nSPS) is 11.7. The quantitative estimate of drug-likeness (QED) is 0.680. The second kappa shape index (κ2) is 9.00. The first-order valence-corrected chi connectivity index (χ1v) is 8.22. The summed E-state index contributed by atoms with van der Waals surface area (Å²) in [5.74, 6) is 0.667. The van der Waals surface area contributed by atoms with Crippen molar-refractivity contribution in [3.8, 4) is 22.8 Å². The Kier molecular flexibility index (Phi) is 6.74. The molecule has 1 amide bonds. The Labute approximate surface area is 151 Å². The van der Waals surface area contributed by atoms with Crippen LogP contribution < -0.4 is 20.3 Å². The number of benzene rings is 1. The van der Waals surface area contributed by atoms with Crippen LogP contribution >= 0.6 is 0 Å². The average Bonchev–Trinajstić information content (AvgIpc) is 2.67. The lowest BCUT2D eigenvalue weighted by Crippen LogP contribution is -2.37. The molecule has 2 N–H and O–H groups in total. The minimum Gasteiger partial charge on any atom is -0.497 e. The molecule has 0 unspecified atom stereocenters. The molecule has 0 saturated heterocycles. The zero-order chi connectivity index (χ0) is 19.1. The predicted molar refractivity (Wildman–Crippen MR) is 96.5 cm³/mol. The second-order valence-corrected chi connectivity index (χ2v) is 5.62. The summed E-state index contributed by atoms with van der Waals surface area (Å²) in [6.45, 7) is 1.90. The number of hydrogen-bond acceptors (Lipinski definition) is 6. The number of rotatable bonds is 8. The smallest absolute Gasteiger partial charge is 0.271 e. The van der Waals surface area contributed by atoms with Gasteiger partial charge in [0.1, 0.15) is 17.5 Å². The highest BCUT2D eigenvalue weighted by Gasteiger charge is 2.20. The monoisotopic (exact) mass is 361 g/mol. The van der Waals surface area contributed by atoms with E-state index in [0.717, 1.165) is 10.2 Å². The number of hydrogen-bond donors (Lipinski definition) is 2. The largest absolute Gasteiger partial charge is 0.497 e. The van der Waals surface area contributed by atoms with Gasteiger partial charge in [0.05, 0.1) is 14.2 Å². The molecule has 26 heavy (non-hydrogen) atoms. The van der Waals surface area contributed by atoms with Crippen molar-refractivity contribution in [1.82, 2.24) is 15.1 Å². The first-order valence-electron chi connectivity index (χ1n) is 8.22. The van der Waals surface area contributed by atoms with Gasteiger partial charge in [-0.2, -0.15) is 5.10 Å². The maximum absolute atomic E-state index is 12.3. The number of nitrogens with zero attached hydrogens (tertiary/aromatic N) is 2. The Morgan fingerprint density at radius 2 is 1.96 bits per heavy atom. The van der Waals surface area contributed by atoms with Crippen LogP contribution in [0.15, 0.2) is 35.1 Å². The lowest BCUT2D eigenvalue weighted by molar-refractivity contribution is -0.124. The van der Waals surface area contributed by atoms with Crippen molar-refractivity contribution >= 4 is 5.91 Å². The van der Waals surface area contributed by atoms with E-state index >= 15 is 0 Å². The minimum atomic E-state index is -0.802. The summed E-state index contributed by atoms with van der Waals surface area (Å²) in [6, 6.07) is 7.65. The van der Waals surface area contributed by atoms with Crippen molar-refractivity contribution in [1.29, 1.82) is 0 Å². The van der Waals surface area contributed by atoms with Gasteiger partial charge >= 0.3 is 0 Å². The zero-order valence-electron chi connectivity index (χ0n) is 15.1. The zero-order valence-corrected chi connectivity index (χ0v) is 15.1. The van der Waals surface area contributed by atoms with Gasteiger partial charge in [-0.15, -0.1) is 0 Å². The summed E-state index contributed by atoms with van der Waals surface area (Å²) in [7, 11) is 3.03. The van der Waals surface area contributed by atoms with Crippen LogP contribution in [0.5, 0.6) is 11.5 Å². The molecular weight excluding hydrogens is 338 g/mol. The molecule has 0 aliphatic carbocycles. The van der Waals surface area contributed by atoms with Crippen molar-refractivity contribution in [3.63, 3.8) is 0 Å². The molecular formula is C18H23N3O5. The van der Waals surface area contributed by atoms with Crippen LogP contribution in [0.25, 0.3) is 11.3 Å². The fraction of sp³-hybridized carbons (Fsp3) is 0.389. The molecule has 8 nitrogen and oxygen atoms in total. The molecule has 0 saturated carbocycles. The number of methoxy groups -OCH3 is 2. The number of nitrogens with one attached hydrogen (secondary N) is 1. The second-order valence-electron chi connectivity index (χ2n) is 5.62.